The van der Waals surface area contributed by atoms with E-state index in [2.05, 4.69) is 177 Å². The molecule has 7 aromatic rings. The van der Waals surface area contributed by atoms with E-state index in [0.717, 1.165) is 28.1 Å². The summed E-state index contributed by atoms with van der Waals surface area (Å²) in [5.41, 5.74) is 17.9. The van der Waals surface area contributed by atoms with E-state index in [4.69, 9.17) is 9.97 Å². The molecule has 3 aliphatic rings. The summed E-state index contributed by atoms with van der Waals surface area (Å²) in [4.78, 5) is 10.2. The quantitative estimate of drug-likeness (QED) is 0.189. The topological polar surface area (TPSA) is 25.8 Å². The van der Waals surface area contributed by atoms with Crippen LogP contribution >= 0.6 is 0 Å². The van der Waals surface area contributed by atoms with Gasteiger partial charge in [0, 0.05) is 22.6 Å². The van der Waals surface area contributed by atoms with Crippen LogP contribution in [0.3, 0.4) is 0 Å². The molecule has 0 N–H and O–H groups in total. The van der Waals surface area contributed by atoms with Gasteiger partial charge in [0.2, 0.25) is 0 Å². The predicted octanol–water partition coefficient (Wildman–Crippen LogP) is 12.0. The van der Waals surface area contributed by atoms with Crippen molar-refractivity contribution in [3.63, 3.8) is 0 Å². The van der Waals surface area contributed by atoms with Crippen LogP contribution in [0.1, 0.15) is 29.2 Å². The Kier molecular flexibility index (Phi) is 6.72. The van der Waals surface area contributed by atoms with E-state index in [1.54, 1.807) is 0 Å². The molecular weight excluding hydrogens is 617 g/mol. The van der Waals surface area contributed by atoms with E-state index in [9.17, 15) is 0 Å². The number of fused-ring (bicyclic) bond motifs is 9. The highest BCUT2D eigenvalue weighted by molar-refractivity contribution is 5.99. The summed E-state index contributed by atoms with van der Waals surface area (Å²) in [6.07, 6.45) is 9.16. The summed E-state index contributed by atoms with van der Waals surface area (Å²) in [6, 6.07) is 56.7. The lowest BCUT2D eigenvalue weighted by Gasteiger charge is -2.33. The Morgan fingerprint density at radius 3 is 1.63 bits per heavy atom. The predicted molar refractivity (Wildman–Crippen MR) is 210 cm³/mol. The molecule has 0 saturated heterocycles. The third-order valence-electron chi connectivity index (χ3n) is 10.9. The fourth-order valence-electron chi connectivity index (χ4n) is 8.77. The number of hydrogen-bond acceptors (Lipinski definition) is 2. The highest BCUT2D eigenvalue weighted by Gasteiger charge is 2.53. The Labute approximate surface area is 298 Å². The minimum absolute atomic E-state index is 0.276. The number of rotatable bonds is 4. The van der Waals surface area contributed by atoms with Gasteiger partial charge in [-0.05, 0) is 61.7 Å². The number of aromatic nitrogens is 2. The molecule has 2 heteroatoms. The number of nitrogens with zero attached hydrogens (tertiary/aromatic N) is 2. The minimum atomic E-state index is -0.415. The lowest BCUT2D eigenvalue weighted by molar-refractivity contribution is 0.785. The van der Waals surface area contributed by atoms with Crippen molar-refractivity contribution in [2.75, 3.05) is 0 Å². The van der Waals surface area contributed by atoms with Gasteiger partial charge in [0.25, 0.3) is 0 Å². The molecule has 2 nitrogen and oxygen atoms in total. The van der Waals surface area contributed by atoms with E-state index in [1.807, 2.05) is 12.1 Å². The molecule has 0 unspecified atom stereocenters. The lowest BCUT2D eigenvalue weighted by Crippen LogP contribution is -2.27. The average Bonchev–Trinajstić information content (AvgIpc) is 3.58. The van der Waals surface area contributed by atoms with Crippen molar-refractivity contribution in [2.24, 2.45) is 5.92 Å². The molecule has 6 aromatic carbocycles. The molecule has 0 bridgehead atoms. The van der Waals surface area contributed by atoms with Gasteiger partial charge in [-0.15, -0.1) is 0 Å². The van der Waals surface area contributed by atoms with E-state index < -0.39 is 5.41 Å². The normalized spacial score (nSPS) is 16.1. The van der Waals surface area contributed by atoms with Crippen molar-refractivity contribution in [2.45, 2.75) is 12.3 Å². The molecule has 0 fully saturated rings. The number of allylic oxidation sites excluding steroid dienone is 6. The highest BCUT2D eigenvalue weighted by Crippen LogP contribution is 2.65. The zero-order valence-electron chi connectivity index (χ0n) is 28.3. The van der Waals surface area contributed by atoms with Gasteiger partial charge >= 0.3 is 0 Å². The zero-order valence-corrected chi connectivity index (χ0v) is 28.3. The Morgan fingerprint density at radius 1 is 0.471 bits per heavy atom. The molecule has 1 heterocycles. The molecule has 1 spiro atoms. The maximum absolute atomic E-state index is 5.10. The second-order valence-electron chi connectivity index (χ2n) is 13.7. The van der Waals surface area contributed by atoms with Crippen LogP contribution in [0.25, 0.3) is 61.7 Å². The lowest BCUT2D eigenvalue weighted by atomic mass is 9.67. The summed E-state index contributed by atoms with van der Waals surface area (Å²) >= 11 is 0. The SMILES string of the molecule is C[C@@H]1C=CC=CC2=C1c1cccc(-c3ccc(-c4nc(-c5ccccc5)cc(-c5ccccc5)n4)cc3)c1C21c2ccccc2-c2ccccc21. The summed E-state index contributed by atoms with van der Waals surface area (Å²) in [5.74, 6) is 0.993. The first-order valence-corrected chi connectivity index (χ1v) is 17.8. The summed E-state index contributed by atoms with van der Waals surface area (Å²) in [6.45, 7) is 2.34. The van der Waals surface area contributed by atoms with Gasteiger partial charge in [0.1, 0.15) is 0 Å². The van der Waals surface area contributed by atoms with Crippen LogP contribution < -0.4 is 0 Å². The summed E-state index contributed by atoms with van der Waals surface area (Å²) in [5, 5.41) is 0. The second-order valence-corrected chi connectivity index (χ2v) is 13.7. The standard InChI is InChI=1S/C49H34N2/c1-32-15-8-11-26-43-46(32)40-23-14-22-37(47(40)49(43)41-24-12-9-20-38(41)39-21-10-13-25-42(39)49)33-27-29-36(30-28-33)48-50-44(34-16-4-2-5-17-34)31-45(51-48)35-18-6-3-7-19-35/h2-32H,1H3/t32-/m1/s1. The van der Waals surface area contributed by atoms with Gasteiger partial charge in [-0.1, -0.05) is 183 Å². The Bertz CT molecular complexity index is 2470. The molecule has 3 aliphatic carbocycles. The van der Waals surface area contributed by atoms with E-state index in [-0.39, 0.29) is 5.92 Å². The van der Waals surface area contributed by atoms with Crippen LogP contribution in [0.5, 0.6) is 0 Å². The van der Waals surface area contributed by atoms with Gasteiger partial charge in [-0.25, -0.2) is 9.97 Å². The van der Waals surface area contributed by atoms with Crippen molar-refractivity contribution < 1.29 is 0 Å². The van der Waals surface area contributed by atoms with Crippen LogP contribution in [-0.2, 0) is 5.41 Å². The van der Waals surface area contributed by atoms with Gasteiger partial charge in [-0.3, -0.25) is 0 Å². The first-order valence-electron chi connectivity index (χ1n) is 17.8. The molecule has 0 aliphatic heterocycles. The Morgan fingerprint density at radius 2 is 1.00 bits per heavy atom. The molecule has 10 rings (SSSR count). The zero-order chi connectivity index (χ0) is 33.9. The molecule has 240 valence electrons. The fraction of sp³-hybridized carbons (Fsp3) is 0.0612. The molecule has 1 atom stereocenters. The molecule has 0 radical (unpaired) electrons. The van der Waals surface area contributed by atoms with Crippen molar-refractivity contribution in [3.05, 3.63) is 210 Å². The second kappa shape index (κ2) is 11.6. The van der Waals surface area contributed by atoms with E-state index >= 15 is 0 Å². The molecule has 0 saturated carbocycles. The summed E-state index contributed by atoms with van der Waals surface area (Å²) < 4.78 is 0. The Hall–Kier alpha value is -6.38. The number of hydrogen-bond donors (Lipinski definition) is 0. The maximum atomic E-state index is 5.10. The van der Waals surface area contributed by atoms with E-state index in [1.165, 1.54) is 55.7 Å². The van der Waals surface area contributed by atoms with E-state index in [0.29, 0.717) is 5.82 Å². The monoisotopic (exact) mass is 650 g/mol. The van der Waals surface area contributed by atoms with Gasteiger partial charge in [0.15, 0.2) is 5.82 Å². The van der Waals surface area contributed by atoms with Crippen molar-refractivity contribution >= 4 is 5.57 Å². The smallest absolute Gasteiger partial charge is 0.160 e. The van der Waals surface area contributed by atoms with Gasteiger partial charge in [0.05, 0.1) is 16.8 Å². The van der Waals surface area contributed by atoms with Crippen LogP contribution in [0.15, 0.2) is 188 Å². The third kappa shape index (κ3) is 4.43. The van der Waals surface area contributed by atoms with Crippen molar-refractivity contribution in [3.8, 4) is 56.2 Å². The van der Waals surface area contributed by atoms with Crippen molar-refractivity contribution in [1.82, 2.24) is 9.97 Å². The first kappa shape index (κ1) is 29.5. The first-order chi connectivity index (χ1) is 25.2. The van der Waals surface area contributed by atoms with Crippen LogP contribution in [0.4, 0.5) is 0 Å². The van der Waals surface area contributed by atoms with Crippen molar-refractivity contribution in [1.29, 1.82) is 0 Å². The van der Waals surface area contributed by atoms with Crippen LogP contribution in [0.2, 0.25) is 0 Å². The number of benzene rings is 6. The molecule has 51 heavy (non-hydrogen) atoms. The molecular formula is C49H34N2. The van der Waals surface area contributed by atoms with Crippen LogP contribution in [-0.4, -0.2) is 9.97 Å². The fourth-order valence-corrected chi connectivity index (χ4v) is 8.77. The largest absolute Gasteiger partial charge is 0.228 e. The minimum Gasteiger partial charge on any atom is -0.228 e. The highest BCUT2D eigenvalue weighted by atomic mass is 14.9. The summed E-state index contributed by atoms with van der Waals surface area (Å²) in [7, 11) is 0. The Balaban J connectivity index is 1.16. The van der Waals surface area contributed by atoms with Crippen LogP contribution in [0, 0.1) is 5.92 Å². The molecule has 0 amide bonds. The average molecular weight is 651 g/mol. The van der Waals surface area contributed by atoms with Gasteiger partial charge in [-0.2, -0.15) is 0 Å². The molecule has 1 aromatic heterocycles. The van der Waals surface area contributed by atoms with Gasteiger partial charge < -0.3 is 0 Å². The third-order valence-corrected chi connectivity index (χ3v) is 10.9. The maximum Gasteiger partial charge on any atom is 0.160 e.